The zero-order valence-corrected chi connectivity index (χ0v) is 23.9. The zero-order valence-electron chi connectivity index (χ0n) is 20.1. The van der Waals surface area contributed by atoms with E-state index in [2.05, 4.69) is 27.6 Å². The van der Waals surface area contributed by atoms with Gasteiger partial charge in [-0.25, -0.2) is 9.79 Å². The van der Waals surface area contributed by atoms with E-state index in [1.54, 1.807) is 43.7 Å². The lowest BCUT2D eigenvalue weighted by atomic mass is 9.96. The van der Waals surface area contributed by atoms with Crippen LogP contribution in [-0.4, -0.2) is 30.9 Å². The quantitative estimate of drug-likeness (QED) is 0.282. The van der Waals surface area contributed by atoms with Crippen molar-refractivity contribution in [3.63, 3.8) is 0 Å². The molecule has 4 rings (SSSR count). The Kier molecular flexibility index (Phi) is 8.21. The minimum absolute atomic E-state index is 0.212. The molecule has 2 aromatic carbocycles. The van der Waals surface area contributed by atoms with Crippen LogP contribution in [0.2, 0.25) is 5.02 Å². The molecule has 1 aliphatic heterocycles. The molecule has 0 aliphatic carbocycles. The predicted octanol–water partition coefficient (Wildman–Crippen LogP) is 4.46. The normalized spacial score (nSPS) is 15.4. The third kappa shape index (κ3) is 5.09. The molecule has 0 saturated heterocycles. The van der Waals surface area contributed by atoms with Gasteiger partial charge in [0.2, 0.25) is 0 Å². The highest BCUT2D eigenvalue weighted by Gasteiger charge is 2.33. The molecule has 188 valence electrons. The SMILES string of the molecule is CCOC(=O)C1=C(C)N=c2s/c(=C\c3cc(Cl)cc(I)c3OC)c(=O)n2[C@@H]1c1ccc(OCC)cc1. The fraction of sp³-hybridized carbons (Fsp3) is 0.269. The van der Waals surface area contributed by atoms with Crippen molar-refractivity contribution >= 4 is 57.6 Å². The highest BCUT2D eigenvalue weighted by Crippen LogP contribution is 2.32. The van der Waals surface area contributed by atoms with Crippen LogP contribution in [0.15, 0.2) is 57.5 Å². The average Bonchev–Trinajstić information content (AvgIpc) is 3.13. The van der Waals surface area contributed by atoms with Crippen molar-refractivity contribution in [3.05, 3.63) is 87.1 Å². The summed E-state index contributed by atoms with van der Waals surface area (Å²) in [5.41, 5.74) is 1.99. The van der Waals surface area contributed by atoms with Crippen molar-refractivity contribution in [1.82, 2.24) is 4.57 Å². The number of methoxy groups -OCH3 is 1. The third-order valence-electron chi connectivity index (χ3n) is 5.55. The van der Waals surface area contributed by atoms with Crippen molar-refractivity contribution in [3.8, 4) is 11.5 Å². The van der Waals surface area contributed by atoms with Crippen molar-refractivity contribution in [2.75, 3.05) is 20.3 Å². The lowest BCUT2D eigenvalue weighted by Crippen LogP contribution is -2.39. The molecule has 1 aliphatic rings. The van der Waals surface area contributed by atoms with Gasteiger partial charge in [-0.2, -0.15) is 0 Å². The van der Waals surface area contributed by atoms with Crippen molar-refractivity contribution in [1.29, 1.82) is 0 Å². The Labute approximate surface area is 230 Å². The van der Waals surface area contributed by atoms with E-state index >= 15 is 0 Å². The maximum atomic E-state index is 13.8. The second kappa shape index (κ2) is 11.2. The van der Waals surface area contributed by atoms with Crippen LogP contribution < -0.4 is 24.4 Å². The Balaban J connectivity index is 1.95. The van der Waals surface area contributed by atoms with E-state index in [9.17, 15) is 9.59 Å². The first-order valence-corrected chi connectivity index (χ1v) is 13.5. The molecule has 7 nitrogen and oxygen atoms in total. The molecular weight excluding hydrogens is 615 g/mol. The molecule has 0 radical (unpaired) electrons. The number of nitrogens with zero attached hydrogens (tertiary/aromatic N) is 2. The monoisotopic (exact) mass is 638 g/mol. The summed E-state index contributed by atoms with van der Waals surface area (Å²) in [5, 5.41) is 0.534. The van der Waals surface area contributed by atoms with Crippen molar-refractivity contribution < 1.29 is 19.0 Å². The fourth-order valence-electron chi connectivity index (χ4n) is 4.06. The number of carbonyl (C=O) groups excluding carboxylic acids is 1. The van der Waals surface area contributed by atoms with Gasteiger partial charge in [0.05, 0.1) is 45.7 Å². The maximum Gasteiger partial charge on any atom is 0.338 e. The summed E-state index contributed by atoms with van der Waals surface area (Å²) in [7, 11) is 1.57. The lowest BCUT2D eigenvalue weighted by molar-refractivity contribution is -0.139. The van der Waals surface area contributed by atoms with Gasteiger partial charge in [-0.3, -0.25) is 9.36 Å². The molecule has 36 heavy (non-hydrogen) atoms. The van der Waals surface area contributed by atoms with E-state index in [-0.39, 0.29) is 12.2 Å². The number of hydrogen-bond acceptors (Lipinski definition) is 7. The Morgan fingerprint density at radius 3 is 2.58 bits per heavy atom. The van der Waals surface area contributed by atoms with Gasteiger partial charge in [-0.05, 0) is 79.3 Å². The van der Waals surface area contributed by atoms with E-state index in [1.807, 2.05) is 31.2 Å². The Bertz CT molecular complexity index is 1530. The fourth-order valence-corrected chi connectivity index (χ4v) is 6.38. The van der Waals surface area contributed by atoms with Crippen LogP contribution in [0.1, 0.15) is 37.9 Å². The van der Waals surface area contributed by atoms with Crippen LogP contribution in [0.4, 0.5) is 0 Å². The first-order valence-electron chi connectivity index (χ1n) is 11.2. The summed E-state index contributed by atoms with van der Waals surface area (Å²) in [6.45, 7) is 6.16. The molecule has 0 bridgehead atoms. The Hall–Kier alpha value is -2.63. The van der Waals surface area contributed by atoms with E-state index in [4.69, 9.17) is 25.8 Å². The standard InChI is InChI=1S/C26H24ClIN2O5S/c1-5-34-18-9-7-15(8-10-18)22-21(25(32)35-6-2)14(3)29-26-30(22)24(31)20(36-26)12-16-11-17(27)13-19(28)23(16)33-4/h7-13,22H,5-6H2,1-4H3/b20-12-/t22-/m1/s1. The van der Waals surface area contributed by atoms with Gasteiger partial charge >= 0.3 is 5.97 Å². The minimum Gasteiger partial charge on any atom is -0.495 e. The maximum absolute atomic E-state index is 13.8. The summed E-state index contributed by atoms with van der Waals surface area (Å²) in [6.07, 6.45) is 1.75. The number of allylic oxidation sites excluding steroid dienone is 1. The molecule has 2 heterocycles. The molecule has 0 saturated carbocycles. The second-order valence-corrected chi connectivity index (χ2v) is 10.4. The van der Waals surface area contributed by atoms with E-state index < -0.39 is 12.0 Å². The van der Waals surface area contributed by atoms with Gasteiger partial charge in [0, 0.05) is 10.6 Å². The number of ether oxygens (including phenoxy) is 3. The molecule has 1 aromatic heterocycles. The number of rotatable bonds is 7. The van der Waals surface area contributed by atoms with Gasteiger partial charge in [0.1, 0.15) is 11.5 Å². The van der Waals surface area contributed by atoms with Gasteiger partial charge in [-0.1, -0.05) is 35.1 Å². The highest BCUT2D eigenvalue weighted by atomic mass is 127. The number of esters is 1. The van der Waals surface area contributed by atoms with E-state index in [0.29, 0.717) is 49.3 Å². The molecule has 0 N–H and O–H groups in total. The number of hydrogen-bond donors (Lipinski definition) is 0. The van der Waals surface area contributed by atoms with Crippen LogP contribution >= 0.6 is 45.5 Å². The molecule has 0 fully saturated rings. The lowest BCUT2D eigenvalue weighted by Gasteiger charge is -2.24. The van der Waals surface area contributed by atoms with E-state index in [1.165, 1.54) is 11.3 Å². The van der Waals surface area contributed by atoms with Crippen LogP contribution in [-0.2, 0) is 9.53 Å². The van der Waals surface area contributed by atoms with Crippen LogP contribution in [0.3, 0.4) is 0 Å². The number of benzene rings is 2. The van der Waals surface area contributed by atoms with Gasteiger partial charge in [0.15, 0.2) is 4.80 Å². The van der Waals surface area contributed by atoms with Gasteiger partial charge in [0.25, 0.3) is 5.56 Å². The van der Waals surface area contributed by atoms with Crippen molar-refractivity contribution in [2.45, 2.75) is 26.8 Å². The highest BCUT2D eigenvalue weighted by molar-refractivity contribution is 14.1. The number of thiazole rings is 1. The topological polar surface area (TPSA) is 79.1 Å². The molecule has 0 unspecified atom stereocenters. The summed E-state index contributed by atoms with van der Waals surface area (Å²) in [5.74, 6) is 0.824. The molecule has 0 amide bonds. The minimum atomic E-state index is -0.695. The van der Waals surface area contributed by atoms with Gasteiger partial charge in [-0.15, -0.1) is 0 Å². The van der Waals surface area contributed by atoms with Crippen molar-refractivity contribution in [2.24, 2.45) is 4.99 Å². The summed E-state index contributed by atoms with van der Waals surface area (Å²) in [6, 6.07) is 10.2. The first kappa shape index (κ1) is 26.4. The smallest absolute Gasteiger partial charge is 0.338 e. The molecule has 0 spiro atoms. The number of aromatic nitrogens is 1. The third-order valence-corrected chi connectivity index (χ3v) is 7.55. The van der Waals surface area contributed by atoms with Crippen LogP contribution in [0.25, 0.3) is 6.08 Å². The Morgan fingerprint density at radius 2 is 1.94 bits per heavy atom. The predicted molar refractivity (Wildman–Crippen MR) is 149 cm³/mol. The Morgan fingerprint density at radius 1 is 1.22 bits per heavy atom. The largest absolute Gasteiger partial charge is 0.495 e. The molecule has 10 heteroatoms. The molecule has 1 atom stereocenters. The van der Waals surface area contributed by atoms with Gasteiger partial charge < -0.3 is 14.2 Å². The molecule has 3 aromatic rings. The summed E-state index contributed by atoms with van der Waals surface area (Å²) in [4.78, 5) is 31.9. The molecular formula is C26H24ClIN2O5S. The number of halogens is 2. The summed E-state index contributed by atoms with van der Waals surface area (Å²) >= 11 is 9.67. The number of fused-ring (bicyclic) bond motifs is 1. The van der Waals surface area contributed by atoms with Crippen LogP contribution in [0, 0.1) is 3.57 Å². The number of carbonyl (C=O) groups is 1. The van der Waals surface area contributed by atoms with E-state index in [0.717, 1.165) is 9.13 Å². The zero-order chi connectivity index (χ0) is 26.0. The first-order chi connectivity index (χ1) is 17.3. The second-order valence-electron chi connectivity index (χ2n) is 7.81. The average molecular weight is 639 g/mol. The van der Waals surface area contributed by atoms with Crippen LogP contribution in [0.5, 0.6) is 11.5 Å². The summed E-state index contributed by atoms with van der Waals surface area (Å²) < 4.78 is 19.3.